The number of amides is 1. The van der Waals surface area contributed by atoms with E-state index in [1.54, 1.807) is 0 Å². The van der Waals surface area contributed by atoms with Crippen LogP contribution in [0.4, 0.5) is 14.5 Å². The van der Waals surface area contributed by atoms with Gasteiger partial charge in [-0.15, -0.1) is 0 Å². The fraction of sp³-hybridized carbons (Fsp3) is 0.133. The van der Waals surface area contributed by atoms with Crippen LogP contribution in [0.15, 0.2) is 35.2 Å². The Balaban J connectivity index is 2.46. The van der Waals surface area contributed by atoms with Crippen LogP contribution < -0.4 is 10.1 Å². The predicted molar refractivity (Wildman–Crippen MR) is 85.1 cm³/mol. The van der Waals surface area contributed by atoms with Crippen LogP contribution in [-0.4, -0.2) is 21.4 Å². The van der Waals surface area contributed by atoms with Gasteiger partial charge in [0.25, 0.3) is 15.0 Å². The zero-order valence-corrected chi connectivity index (χ0v) is 14.1. The number of halogens is 3. The van der Waals surface area contributed by atoms with Crippen molar-refractivity contribution in [2.24, 2.45) is 0 Å². The summed E-state index contributed by atoms with van der Waals surface area (Å²) in [6.07, 6.45) is 0. The monoisotopic (exact) mass is 375 g/mol. The van der Waals surface area contributed by atoms with Gasteiger partial charge in [0.05, 0.1) is 12.7 Å². The van der Waals surface area contributed by atoms with Crippen molar-refractivity contribution in [3.8, 4) is 5.75 Å². The topological polar surface area (TPSA) is 72.5 Å². The minimum Gasteiger partial charge on any atom is -0.496 e. The molecular formula is C15H12ClF2NO4S. The highest BCUT2D eigenvalue weighted by atomic mass is 35.7. The minimum atomic E-state index is -4.39. The van der Waals surface area contributed by atoms with Gasteiger partial charge in [-0.2, -0.15) is 0 Å². The van der Waals surface area contributed by atoms with Crippen LogP contribution in [0.25, 0.3) is 0 Å². The van der Waals surface area contributed by atoms with Crippen molar-refractivity contribution in [2.75, 3.05) is 12.4 Å². The van der Waals surface area contributed by atoms with E-state index < -0.39 is 31.5 Å². The van der Waals surface area contributed by atoms with Crippen LogP contribution >= 0.6 is 10.7 Å². The van der Waals surface area contributed by atoms with E-state index in [1.807, 2.05) is 0 Å². The first-order chi connectivity index (χ1) is 11.1. The molecule has 5 nitrogen and oxygen atoms in total. The number of hydrogen-bond acceptors (Lipinski definition) is 4. The zero-order chi connectivity index (χ0) is 18.1. The van der Waals surface area contributed by atoms with Gasteiger partial charge in [0.15, 0.2) is 0 Å². The molecule has 0 bridgehead atoms. The van der Waals surface area contributed by atoms with E-state index in [0.29, 0.717) is 5.56 Å². The number of methoxy groups -OCH3 is 1. The molecule has 128 valence electrons. The van der Waals surface area contributed by atoms with Crippen molar-refractivity contribution in [2.45, 2.75) is 11.8 Å². The summed E-state index contributed by atoms with van der Waals surface area (Å²) in [4.78, 5) is 11.5. The van der Waals surface area contributed by atoms with Gasteiger partial charge in [0.1, 0.15) is 22.3 Å². The highest BCUT2D eigenvalue weighted by Crippen LogP contribution is 2.28. The molecule has 0 fully saturated rings. The molecule has 0 aliphatic heterocycles. The van der Waals surface area contributed by atoms with Crippen molar-refractivity contribution >= 4 is 31.3 Å². The number of nitrogens with one attached hydrogen (secondary N) is 1. The summed E-state index contributed by atoms with van der Waals surface area (Å²) in [5.74, 6) is -2.52. The van der Waals surface area contributed by atoms with Crippen LogP contribution in [0.2, 0.25) is 0 Å². The molecule has 0 atom stereocenters. The third-order valence-corrected chi connectivity index (χ3v) is 4.51. The number of hydrogen-bond donors (Lipinski definition) is 1. The molecule has 2 aromatic rings. The molecule has 0 aliphatic carbocycles. The third kappa shape index (κ3) is 3.82. The Morgan fingerprint density at radius 2 is 1.83 bits per heavy atom. The molecule has 24 heavy (non-hydrogen) atoms. The summed E-state index contributed by atoms with van der Waals surface area (Å²) in [6.45, 7) is 1.52. The number of carbonyl (C=O) groups is 1. The second kappa shape index (κ2) is 6.74. The highest BCUT2D eigenvalue weighted by Gasteiger charge is 2.23. The zero-order valence-electron chi connectivity index (χ0n) is 12.6. The van der Waals surface area contributed by atoms with Gasteiger partial charge in [-0.1, -0.05) is 0 Å². The Bertz CT molecular complexity index is 916. The van der Waals surface area contributed by atoms with Crippen LogP contribution in [0.1, 0.15) is 15.9 Å². The first-order valence-corrected chi connectivity index (χ1v) is 8.84. The number of ether oxygens (including phenoxy) is 1. The summed E-state index contributed by atoms with van der Waals surface area (Å²) < 4.78 is 54.7. The standard InChI is InChI=1S/C15H12ClF2NO4S/c1-8-5-9(3-4-11(8)17)19-15(20)10-6-14(24(16,21)22)12(18)7-13(10)23-2/h3-7H,1-2H3,(H,19,20). The lowest BCUT2D eigenvalue weighted by Gasteiger charge is -2.12. The SMILES string of the molecule is COc1cc(F)c(S(=O)(=O)Cl)cc1C(=O)Nc1ccc(F)c(C)c1. The number of benzene rings is 2. The van der Waals surface area contributed by atoms with Crippen LogP contribution in [0.5, 0.6) is 5.75 Å². The fourth-order valence-electron chi connectivity index (χ4n) is 1.99. The normalized spacial score (nSPS) is 11.2. The lowest BCUT2D eigenvalue weighted by molar-refractivity contribution is 0.102. The van der Waals surface area contributed by atoms with Gasteiger partial charge in [-0.3, -0.25) is 4.79 Å². The van der Waals surface area contributed by atoms with E-state index in [9.17, 15) is 22.0 Å². The number of carbonyl (C=O) groups excluding carboxylic acids is 1. The Morgan fingerprint density at radius 1 is 1.17 bits per heavy atom. The van der Waals surface area contributed by atoms with Crippen molar-refractivity contribution in [1.29, 1.82) is 0 Å². The largest absolute Gasteiger partial charge is 0.496 e. The molecule has 0 saturated heterocycles. The van der Waals surface area contributed by atoms with Gasteiger partial charge < -0.3 is 10.1 Å². The summed E-state index contributed by atoms with van der Waals surface area (Å²) in [5, 5.41) is 2.45. The molecule has 1 N–H and O–H groups in total. The van der Waals surface area contributed by atoms with Gasteiger partial charge >= 0.3 is 0 Å². The average Bonchev–Trinajstić information content (AvgIpc) is 2.49. The lowest BCUT2D eigenvalue weighted by Crippen LogP contribution is -2.15. The minimum absolute atomic E-state index is 0.173. The summed E-state index contributed by atoms with van der Waals surface area (Å²) >= 11 is 0. The van der Waals surface area contributed by atoms with Crippen LogP contribution in [0.3, 0.4) is 0 Å². The molecule has 0 radical (unpaired) electrons. The van der Waals surface area contributed by atoms with Crippen molar-refractivity contribution in [1.82, 2.24) is 0 Å². The molecule has 0 unspecified atom stereocenters. The molecule has 0 heterocycles. The first kappa shape index (κ1) is 18.2. The van der Waals surface area contributed by atoms with Gasteiger partial charge in [-0.05, 0) is 36.8 Å². The maximum absolute atomic E-state index is 13.8. The number of aryl methyl sites for hydroxylation is 1. The Hall–Kier alpha value is -2.19. The summed E-state index contributed by atoms with van der Waals surface area (Å²) in [5.41, 5.74) is 0.351. The van der Waals surface area contributed by atoms with E-state index in [4.69, 9.17) is 15.4 Å². The van der Waals surface area contributed by atoms with Gasteiger partial charge in [-0.25, -0.2) is 17.2 Å². The second-order valence-electron chi connectivity index (χ2n) is 4.84. The van der Waals surface area contributed by atoms with E-state index in [-0.39, 0.29) is 17.0 Å². The quantitative estimate of drug-likeness (QED) is 0.830. The summed E-state index contributed by atoms with van der Waals surface area (Å²) in [6, 6.07) is 5.42. The van der Waals surface area contributed by atoms with Gasteiger partial charge in [0.2, 0.25) is 0 Å². The van der Waals surface area contributed by atoms with E-state index in [2.05, 4.69) is 5.32 Å². The second-order valence-corrected chi connectivity index (χ2v) is 7.37. The molecule has 0 aromatic heterocycles. The molecular weight excluding hydrogens is 364 g/mol. The van der Waals surface area contributed by atoms with Crippen molar-refractivity contribution < 1.29 is 26.7 Å². The van der Waals surface area contributed by atoms with Gasteiger partial charge in [0, 0.05) is 22.4 Å². The third-order valence-electron chi connectivity index (χ3n) is 3.18. The first-order valence-electron chi connectivity index (χ1n) is 6.53. The number of anilines is 1. The lowest BCUT2D eigenvalue weighted by atomic mass is 10.1. The molecule has 0 saturated carbocycles. The average molecular weight is 376 g/mol. The van der Waals surface area contributed by atoms with E-state index in [0.717, 1.165) is 12.1 Å². The maximum Gasteiger partial charge on any atom is 0.264 e. The molecule has 0 aliphatic rings. The maximum atomic E-state index is 13.8. The van der Waals surface area contributed by atoms with Crippen LogP contribution in [0, 0.1) is 18.6 Å². The molecule has 9 heteroatoms. The Labute approximate surface area is 141 Å². The highest BCUT2D eigenvalue weighted by molar-refractivity contribution is 8.13. The molecule has 2 rings (SSSR count). The predicted octanol–water partition coefficient (Wildman–Crippen LogP) is 3.46. The summed E-state index contributed by atoms with van der Waals surface area (Å²) in [7, 11) is 1.96. The van der Waals surface area contributed by atoms with E-state index in [1.165, 1.54) is 32.2 Å². The van der Waals surface area contributed by atoms with Crippen molar-refractivity contribution in [3.05, 3.63) is 53.1 Å². The molecule has 2 aromatic carbocycles. The van der Waals surface area contributed by atoms with Crippen LogP contribution in [-0.2, 0) is 9.05 Å². The Kier molecular flexibility index (Phi) is 5.10. The van der Waals surface area contributed by atoms with E-state index >= 15 is 0 Å². The smallest absolute Gasteiger partial charge is 0.264 e. The Morgan fingerprint density at radius 3 is 2.38 bits per heavy atom. The van der Waals surface area contributed by atoms with Crippen molar-refractivity contribution in [3.63, 3.8) is 0 Å². The molecule has 0 spiro atoms. The fourth-order valence-corrected chi connectivity index (χ4v) is 2.89. The molecule has 1 amide bonds. The number of rotatable bonds is 4.